The van der Waals surface area contributed by atoms with Crippen LogP contribution in [0.2, 0.25) is 0 Å². The second-order valence-corrected chi connectivity index (χ2v) is 5.63. The van der Waals surface area contributed by atoms with E-state index in [4.69, 9.17) is 0 Å². The molecule has 3 N–H and O–H groups in total. The predicted octanol–water partition coefficient (Wildman–Crippen LogP) is 1.38. The summed E-state index contributed by atoms with van der Waals surface area (Å²) in [6, 6.07) is -0.785. The first-order chi connectivity index (χ1) is 8.96. The Bertz CT molecular complexity index is 325. The lowest BCUT2D eigenvalue weighted by Gasteiger charge is -2.30. The van der Waals surface area contributed by atoms with Crippen LogP contribution in [0, 0.1) is 11.3 Å². The number of carboxylic acids is 1. The van der Waals surface area contributed by atoms with E-state index in [0.29, 0.717) is 6.54 Å². The van der Waals surface area contributed by atoms with Crippen LogP contribution in [0.1, 0.15) is 46.5 Å². The summed E-state index contributed by atoms with van der Waals surface area (Å²) in [5.41, 5.74) is -0.421. The Labute approximate surface area is 115 Å². The highest BCUT2D eigenvalue weighted by Crippen LogP contribution is 2.31. The van der Waals surface area contributed by atoms with E-state index in [-0.39, 0.29) is 11.8 Å². The van der Waals surface area contributed by atoms with Crippen molar-refractivity contribution in [2.45, 2.75) is 52.5 Å². The van der Waals surface area contributed by atoms with Crippen molar-refractivity contribution < 1.29 is 14.7 Å². The minimum atomic E-state index is -0.944. The second kappa shape index (κ2) is 6.89. The van der Waals surface area contributed by atoms with Crippen molar-refractivity contribution in [2.24, 2.45) is 11.3 Å². The molecule has 5 nitrogen and oxygen atoms in total. The Balaban J connectivity index is 2.77. The van der Waals surface area contributed by atoms with Gasteiger partial charge in [-0.15, -0.1) is 0 Å². The van der Waals surface area contributed by atoms with E-state index in [1.807, 2.05) is 13.8 Å². The molecule has 1 fully saturated rings. The molecule has 3 unspecified atom stereocenters. The van der Waals surface area contributed by atoms with Crippen molar-refractivity contribution in [3.05, 3.63) is 0 Å². The third-order valence-electron chi connectivity index (χ3n) is 4.22. The van der Waals surface area contributed by atoms with Crippen LogP contribution in [-0.4, -0.2) is 36.1 Å². The minimum Gasteiger partial charge on any atom is -0.480 e. The van der Waals surface area contributed by atoms with Crippen molar-refractivity contribution >= 4 is 11.9 Å². The van der Waals surface area contributed by atoms with E-state index in [1.165, 1.54) is 0 Å². The van der Waals surface area contributed by atoms with Crippen molar-refractivity contribution in [2.75, 3.05) is 13.1 Å². The van der Waals surface area contributed by atoms with E-state index < -0.39 is 17.4 Å². The standard InChI is InChI=1S/C14H26N2O3/c1-4-6-14(7-8-15-9-14)13(19)16-11(12(17)18)10(3)5-2/h10-11,15H,4-9H2,1-3H3,(H,16,19)(H,17,18). The predicted molar refractivity (Wildman–Crippen MR) is 73.8 cm³/mol. The van der Waals surface area contributed by atoms with Crippen LogP contribution < -0.4 is 10.6 Å². The molecule has 0 radical (unpaired) electrons. The highest BCUT2D eigenvalue weighted by molar-refractivity contribution is 5.88. The lowest BCUT2D eigenvalue weighted by atomic mass is 9.81. The fraction of sp³-hybridized carbons (Fsp3) is 0.857. The SMILES string of the molecule is CCCC1(C(=O)NC(C(=O)O)C(C)CC)CCNC1. The highest BCUT2D eigenvalue weighted by Gasteiger charge is 2.42. The maximum absolute atomic E-state index is 12.5. The number of hydrogen-bond donors (Lipinski definition) is 3. The zero-order valence-corrected chi connectivity index (χ0v) is 12.2. The van der Waals surface area contributed by atoms with Gasteiger partial charge < -0.3 is 15.7 Å². The quantitative estimate of drug-likeness (QED) is 0.653. The van der Waals surface area contributed by atoms with Crippen LogP contribution in [0.25, 0.3) is 0 Å². The Morgan fingerprint density at radius 1 is 1.42 bits per heavy atom. The van der Waals surface area contributed by atoms with Gasteiger partial charge in [0.05, 0.1) is 5.41 Å². The number of rotatable bonds is 7. The summed E-state index contributed by atoms with van der Waals surface area (Å²) < 4.78 is 0. The van der Waals surface area contributed by atoms with Gasteiger partial charge in [-0.2, -0.15) is 0 Å². The summed E-state index contributed by atoms with van der Waals surface area (Å²) in [5.74, 6) is -1.11. The Morgan fingerprint density at radius 3 is 2.53 bits per heavy atom. The van der Waals surface area contributed by atoms with Gasteiger partial charge in [0, 0.05) is 6.54 Å². The molecule has 1 heterocycles. The smallest absolute Gasteiger partial charge is 0.326 e. The number of carbonyl (C=O) groups is 2. The van der Waals surface area contributed by atoms with Gasteiger partial charge in [-0.3, -0.25) is 4.79 Å². The number of nitrogens with one attached hydrogen (secondary N) is 2. The lowest BCUT2D eigenvalue weighted by Crippen LogP contribution is -2.51. The summed E-state index contributed by atoms with van der Waals surface area (Å²) in [7, 11) is 0. The fourth-order valence-corrected chi connectivity index (χ4v) is 2.72. The molecule has 5 heteroatoms. The van der Waals surface area contributed by atoms with Gasteiger partial charge in [-0.25, -0.2) is 4.79 Å². The van der Waals surface area contributed by atoms with Crippen LogP contribution in [-0.2, 0) is 9.59 Å². The summed E-state index contributed by atoms with van der Waals surface area (Å²) >= 11 is 0. The molecule has 0 bridgehead atoms. The molecule has 3 atom stereocenters. The third-order valence-corrected chi connectivity index (χ3v) is 4.22. The van der Waals surface area contributed by atoms with Crippen molar-refractivity contribution in [1.82, 2.24) is 10.6 Å². The van der Waals surface area contributed by atoms with Gasteiger partial charge in [-0.1, -0.05) is 33.6 Å². The van der Waals surface area contributed by atoms with E-state index >= 15 is 0 Å². The highest BCUT2D eigenvalue weighted by atomic mass is 16.4. The monoisotopic (exact) mass is 270 g/mol. The molecule has 0 aromatic rings. The normalized spacial score (nSPS) is 25.8. The number of carboxylic acid groups (broad SMARTS) is 1. The minimum absolute atomic E-state index is 0.0607. The van der Waals surface area contributed by atoms with E-state index in [9.17, 15) is 14.7 Å². The first-order valence-corrected chi connectivity index (χ1v) is 7.21. The Morgan fingerprint density at radius 2 is 2.11 bits per heavy atom. The van der Waals surface area contributed by atoms with Gasteiger partial charge in [0.25, 0.3) is 0 Å². The van der Waals surface area contributed by atoms with Crippen LogP contribution in [0.5, 0.6) is 0 Å². The molecular weight excluding hydrogens is 244 g/mol. The van der Waals surface area contributed by atoms with Crippen LogP contribution in [0.15, 0.2) is 0 Å². The van der Waals surface area contributed by atoms with Crippen LogP contribution in [0.3, 0.4) is 0 Å². The van der Waals surface area contributed by atoms with Crippen LogP contribution in [0.4, 0.5) is 0 Å². The topological polar surface area (TPSA) is 78.4 Å². The maximum Gasteiger partial charge on any atom is 0.326 e. The molecule has 1 aliphatic heterocycles. The van der Waals surface area contributed by atoms with Crippen LogP contribution >= 0.6 is 0 Å². The fourth-order valence-electron chi connectivity index (χ4n) is 2.72. The Hall–Kier alpha value is -1.10. The summed E-state index contributed by atoms with van der Waals surface area (Å²) in [4.78, 5) is 23.8. The molecule has 1 saturated heterocycles. The number of hydrogen-bond acceptors (Lipinski definition) is 3. The molecule has 1 aliphatic rings. The summed E-state index contributed by atoms with van der Waals surface area (Å²) in [6.45, 7) is 7.33. The van der Waals surface area contributed by atoms with E-state index in [1.54, 1.807) is 0 Å². The molecule has 0 aromatic heterocycles. The summed E-state index contributed by atoms with van der Waals surface area (Å²) in [6.07, 6.45) is 3.25. The number of amides is 1. The third kappa shape index (κ3) is 3.69. The second-order valence-electron chi connectivity index (χ2n) is 5.63. The van der Waals surface area contributed by atoms with Crippen molar-refractivity contribution in [1.29, 1.82) is 0 Å². The van der Waals surface area contributed by atoms with Crippen molar-refractivity contribution in [3.8, 4) is 0 Å². The lowest BCUT2D eigenvalue weighted by molar-refractivity contribution is -0.145. The molecule has 1 rings (SSSR count). The molecule has 1 amide bonds. The van der Waals surface area contributed by atoms with E-state index in [0.717, 1.165) is 32.2 Å². The molecule has 19 heavy (non-hydrogen) atoms. The molecule has 0 spiro atoms. The molecule has 0 saturated carbocycles. The zero-order chi connectivity index (χ0) is 14.5. The molecule has 110 valence electrons. The maximum atomic E-state index is 12.5. The largest absolute Gasteiger partial charge is 0.480 e. The van der Waals surface area contributed by atoms with Gasteiger partial charge in [-0.05, 0) is 25.3 Å². The number of aliphatic carboxylic acids is 1. The molecule has 0 aromatic carbocycles. The van der Waals surface area contributed by atoms with Crippen molar-refractivity contribution in [3.63, 3.8) is 0 Å². The first kappa shape index (κ1) is 16.0. The average Bonchev–Trinajstić information content (AvgIpc) is 2.84. The van der Waals surface area contributed by atoms with Gasteiger partial charge in [0.1, 0.15) is 6.04 Å². The van der Waals surface area contributed by atoms with Gasteiger partial charge in [0.2, 0.25) is 5.91 Å². The molecule has 0 aliphatic carbocycles. The van der Waals surface area contributed by atoms with E-state index in [2.05, 4.69) is 17.6 Å². The first-order valence-electron chi connectivity index (χ1n) is 7.21. The van der Waals surface area contributed by atoms with Gasteiger partial charge in [0.15, 0.2) is 0 Å². The van der Waals surface area contributed by atoms with Gasteiger partial charge >= 0.3 is 5.97 Å². The summed E-state index contributed by atoms with van der Waals surface area (Å²) in [5, 5.41) is 15.2. The number of carbonyl (C=O) groups excluding carboxylic acids is 1. The Kier molecular flexibility index (Phi) is 5.79. The zero-order valence-electron chi connectivity index (χ0n) is 12.2. The average molecular weight is 270 g/mol. The molecular formula is C14H26N2O3.